The molecular formula is C15H21NO4. The van der Waals surface area contributed by atoms with Crippen LogP contribution in [-0.4, -0.2) is 24.1 Å². The second-order valence-corrected chi connectivity index (χ2v) is 5.66. The highest BCUT2D eigenvalue weighted by Gasteiger charge is 2.23. The van der Waals surface area contributed by atoms with Gasteiger partial charge in [-0.25, -0.2) is 0 Å². The number of carboxylic acids is 1. The summed E-state index contributed by atoms with van der Waals surface area (Å²) in [4.78, 5) is 23.1. The van der Waals surface area contributed by atoms with Gasteiger partial charge in [0.25, 0.3) is 0 Å². The number of nitrogens with one attached hydrogen (secondary N) is 1. The van der Waals surface area contributed by atoms with Gasteiger partial charge in [-0.05, 0) is 5.56 Å². The molecule has 0 unspecified atom stereocenters. The third kappa shape index (κ3) is 4.35. The molecule has 0 spiro atoms. The Morgan fingerprint density at radius 3 is 2.35 bits per heavy atom. The number of anilines is 1. The fourth-order valence-electron chi connectivity index (χ4n) is 1.70. The summed E-state index contributed by atoms with van der Waals surface area (Å²) in [5.74, 6) is -1.10. The summed E-state index contributed by atoms with van der Waals surface area (Å²) < 4.78 is 5.10. The molecule has 1 aromatic rings. The molecule has 5 nitrogen and oxygen atoms in total. The van der Waals surface area contributed by atoms with E-state index < -0.39 is 11.4 Å². The normalized spacial score (nSPS) is 11.2. The molecule has 0 fully saturated rings. The van der Waals surface area contributed by atoms with Gasteiger partial charge >= 0.3 is 5.97 Å². The molecule has 2 N–H and O–H groups in total. The van der Waals surface area contributed by atoms with E-state index in [2.05, 4.69) is 5.32 Å². The van der Waals surface area contributed by atoms with Gasteiger partial charge in [0.2, 0.25) is 5.91 Å². The highest BCUT2D eigenvalue weighted by atomic mass is 16.5. The van der Waals surface area contributed by atoms with Crippen LogP contribution in [0.4, 0.5) is 5.69 Å². The molecular weight excluding hydrogens is 258 g/mol. The number of rotatable bonds is 5. The van der Waals surface area contributed by atoms with Crippen LogP contribution in [0.15, 0.2) is 18.2 Å². The molecule has 0 atom stereocenters. The van der Waals surface area contributed by atoms with Gasteiger partial charge in [-0.3, -0.25) is 9.59 Å². The maximum atomic E-state index is 12.1. The van der Waals surface area contributed by atoms with Crippen molar-refractivity contribution in [2.24, 2.45) is 5.41 Å². The van der Waals surface area contributed by atoms with Crippen molar-refractivity contribution in [1.82, 2.24) is 0 Å². The molecule has 1 amide bonds. The SMILES string of the molecule is COCc1cccc(CC(=O)O)c1NC(=O)C(C)(C)C. The van der Waals surface area contributed by atoms with E-state index in [1.165, 1.54) is 0 Å². The van der Waals surface area contributed by atoms with Crippen molar-refractivity contribution in [2.45, 2.75) is 33.8 Å². The van der Waals surface area contributed by atoms with Crippen LogP contribution < -0.4 is 5.32 Å². The summed E-state index contributed by atoms with van der Waals surface area (Å²) in [5, 5.41) is 11.8. The molecule has 110 valence electrons. The lowest BCUT2D eigenvalue weighted by Crippen LogP contribution is -2.28. The molecule has 0 aliphatic carbocycles. The number of hydrogen-bond acceptors (Lipinski definition) is 3. The summed E-state index contributed by atoms with van der Waals surface area (Å²) in [7, 11) is 1.55. The lowest BCUT2D eigenvalue weighted by molar-refractivity contribution is -0.136. The second kappa shape index (κ2) is 6.52. The van der Waals surface area contributed by atoms with Crippen molar-refractivity contribution in [1.29, 1.82) is 0 Å². The zero-order valence-corrected chi connectivity index (χ0v) is 12.3. The van der Waals surface area contributed by atoms with Gasteiger partial charge in [-0.15, -0.1) is 0 Å². The molecule has 0 radical (unpaired) electrons. The van der Waals surface area contributed by atoms with Crippen molar-refractivity contribution in [3.8, 4) is 0 Å². The highest BCUT2D eigenvalue weighted by Crippen LogP contribution is 2.25. The average molecular weight is 279 g/mol. The van der Waals surface area contributed by atoms with E-state index >= 15 is 0 Å². The van der Waals surface area contributed by atoms with Crippen LogP contribution in [-0.2, 0) is 27.4 Å². The van der Waals surface area contributed by atoms with Crippen molar-refractivity contribution in [2.75, 3.05) is 12.4 Å². The Morgan fingerprint density at radius 1 is 1.25 bits per heavy atom. The second-order valence-electron chi connectivity index (χ2n) is 5.66. The van der Waals surface area contributed by atoms with Crippen LogP contribution >= 0.6 is 0 Å². The molecule has 1 rings (SSSR count). The Balaban J connectivity index is 3.17. The minimum Gasteiger partial charge on any atom is -0.481 e. The molecule has 0 bridgehead atoms. The third-order valence-electron chi connectivity index (χ3n) is 2.80. The Morgan fingerprint density at radius 2 is 1.85 bits per heavy atom. The molecule has 0 aliphatic rings. The van der Waals surface area contributed by atoms with E-state index in [4.69, 9.17) is 9.84 Å². The van der Waals surface area contributed by atoms with E-state index in [1.807, 2.05) is 6.07 Å². The van der Waals surface area contributed by atoms with Crippen LogP contribution in [0, 0.1) is 5.41 Å². The van der Waals surface area contributed by atoms with Crippen molar-refractivity contribution in [3.63, 3.8) is 0 Å². The number of ether oxygens (including phenoxy) is 1. The largest absolute Gasteiger partial charge is 0.481 e. The Bertz CT molecular complexity index is 503. The predicted octanol–water partition coefficient (Wildman–Crippen LogP) is 2.44. The number of aliphatic carboxylic acids is 1. The molecule has 20 heavy (non-hydrogen) atoms. The van der Waals surface area contributed by atoms with Crippen LogP contribution in [0.3, 0.4) is 0 Å². The monoisotopic (exact) mass is 279 g/mol. The van der Waals surface area contributed by atoms with Crippen LogP contribution in [0.2, 0.25) is 0 Å². The summed E-state index contributed by atoms with van der Waals surface area (Å²) in [6.07, 6.45) is -0.142. The van der Waals surface area contributed by atoms with Gasteiger partial charge in [0.1, 0.15) is 0 Å². The lowest BCUT2D eigenvalue weighted by atomic mass is 9.94. The van der Waals surface area contributed by atoms with Gasteiger partial charge in [0, 0.05) is 18.1 Å². The number of benzene rings is 1. The minimum absolute atomic E-state index is 0.142. The molecule has 0 heterocycles. The fraction of sp³-hybridized carbons (Fsp3) is 0.467. The number of amides is 1. The number of carboxylic acid groups (broad SMARTS) is 1. The molecule has 0 aromatic heterocycles. The predicted molar refractivity (Wildman–Crippen MR) is 76.6 cm³/mol. The fourth-order valence-corrected chi connectivity index (χ4v) is 1.70. The van der Waals surface area contributed by atoms with E-state index in [1.54, 1.807) is 40.0 Å². The summed E-state index contributed by atoms with van der Waals surface area (Å²) in [5.41, 5.74) is 1.32. The Kier molecular flexibility index (Phi) is 5.27. The van der Waals surface area contributed by atoms with Gasteiger partial charge in [-0.1, -0.05) is 39.0 Å². The topological polar surface area (TPSA) is 75.6 Å². The molecule has 0 aliphatic heterocycles. The van der Waals surface area contributed by atoms with Gasteiger partial charge in [0.05, 0.1) is 18.7 Å². The summed E-state index contributed by atoms with van der Waals surface area (Å²) in [6.45, 7) is 5.72. The van der Waals surface area contributed by atoms with E-state index in [-0.39, 0.29) is 12.3 Å². The van der Waals surface area contributed by atoms with Crippen LogP contribution in [0.1, 0.15) is 31.9 Å². The zero-order chi connectivity index (χ0) is 15.3. The Hall–Kier alpha value is -1.88. The van der Waals surface area contributed by atoms with Crippen molar-refractivity contribution < 1.29 is 19.4 Å². The molecule has 0 saturated heterocycles. The van der Waals surface area contributed by atoms with E-state index in [9.17, 15) is 9.59 Å². The lowest BCUT2D eigenvalue weighted by Gasteiger charge is -2.21. The number of carbonyl (C=O) groups excluding carboxylic acids is 1. The van der Waals surface area contributed by atoms with Gasteiger partial charge < -0.3 is 15.2 Å². The first kappa shape index (κ1) is 16.2. The maximum absolute atomic E-state index is 12.1. The van der Waals surface area contributed by atoms with Crippen LogP contribution in [0.5, 0.6) is 0 Å². The smallest absolute Gasteiger partial charge is 0.307 e. The molecule has 5 heteroatoms. The van der Waals surface area contributed by atoms with Crippen molar-refractivity contribution >= 4 is 17.6 Å². The third-order valence-corrected chi connectivity index (χ3v) is 2.80. The number of carbonyl (C=O) groups is 2. The van der Waals surface area contributed by atoms with Gasteiger partial charge in [0.15, 0.2) is 0 Å². The first-order valence-electron chi connectivity index (χ1n) is 6.38. The standard InChI is InChI=1S/C15H21NO4/c1-15(2,3)14(19)16-13-10(8-12(17)18)6-5-7-11(13)9-20-4/h5-7H,8-9H2,1-4H3,(H,16,19)(H,17,18). The van der Waals surface area contributed by atoms with E-state index in [0.29, 0.717) is 17.9 Å². The maximum Gasteiger partial charge on any atom is 0.307 e. The number of hydrogen-bond donors (Lipinski definition) is 2. The zero-order valence-electron chi connectivity index (χ0n) is 12.3. The Labute approximate surface area is 118 Å². The first-order valence-corrected chi connectivity index (χ1v) is 6.38. The van der Waals surface area contributed by atoms with Crippen LogP contribution in [0.25, 0.3) is 0 Å². The quantitative estimate of drug-likeness (QED) is 0.868. The highest BCUT2D eigenvalue weighted by molar-refractivity contribution is 5.96. The molecule has 1 aromatic carbocycles. The van der Waals surface area contributed by atoms with E-state index in [0.717, 1.165) is 5.56 Å². The summed E-state index contributed by atoms with van der Waals surface area (Å²) >= 11 is 0. The minimum atomic E-state index is -0.939. The van der Waals surface area contributed by atoms with Gasteiger partial charge in [-0.2, -0.15) is 0 Å². The number of para-hydroxylation sites is 1. The molecule has 0 saturated carbocycles. The summed E-state index contributed by atoms with van der Waals surface area (Å²) in [6, 6.07) is 5.28. The average Bonchev–Trinajstić information content (AvgIpc) is 2.31. The van der Waals surface area contributed by atoms with Crippen molar-refractivity contribution in [3.05, 3.63) is 29.3 Å². The number of methoxy groups -OCH3 is 1. The first-order chi connectivity index (χ1) is 9.25.